The smallest absolute Gasteiger partial charge is 0.346 e. The van der Waals surface area contributed by atoms with E-state index >= 15 is 0 Å². The van der Waals surface area contributed by atoms with E-state index in [2.05, 4.69) is 15.9 Å². The molecule has 0 aliphatic carbocycles. The Morgan fingerprint density at radius 3 is 2.70 bits per heavy atom. The topological polar surface area (TPSA) is 70.3 Å². The first-order chi connectivity index (χ1) is 11.0. The summed E-state index contributed by atoms with van der Waals surface area (Å²) < 4.78 is 19.7. The van der Waals surface area contributed by atoms with Gasteiger partial charge in [-0.3, -0.25) is 0 Å². The van der Waals surface area contributed by atoms with Crippen LogP contribution in [0.3, 0.4) is 0 Å². The highest BCUT2D eigenvalue weighted by Crippen LogP contribution is 2.28. The van der Waals surface area contributed by atoms with Gasteiger partial charge in [-0.05, 0) is 45.8 Å². The van der Waals surface area contributed by atoms with Gasteiger partial charge >= 0.3 is 5.97 Å². The van der Waals surface area contributed by atoms with Crippen molar-refractivity contribution in [2.24, 2.45) is 0 Å². The van der Waals surface area contributed by atoms with E-state index in [1.165, 1.54) is 12.1 Å². The normalized spacial score (nSPS) is 10.9. The van der Waals surface area contributed by atoms with Crippen molar-refractivity contribution in [2.75, 3.05) is 0 Å². The van der Waals surface area contributed by atoms with Gasteiger partial charge in [0, 0.05) is 5.56 Å². The molecule has 0 saturated heterocycles. The summed E-state index contributed by atoms with van der Waals surface area (Å²) in [5.74, 6) is -1.15. The van der Waals surface area contributed by atoms with Crippen LogP contribution in [0.5, 0.6) is 5.75 Å². The fraction of sp³-hybridized carbons (Fsp3) is 0.0588. The zero-order valence-corrected chi connectivity index (χ0v) is 13.4. The van der Waals surface area contributed by atoms with Gasteiger partial charge < -0.3 is 9.84 Å². The van der Waals surface area contributed by atoms with E-state index in [9.17, 15) is 9.18 Å². The Morgan fingerprint density at radius 1 is 1.35 bits per heavy atom. The molecule has 0 aliphatic heterocycles. The fourth-order valence-electron chi connectivity index (χ4n) is 1.80. The zero-order valence-electron chi connectivity index (χ0n) is 11.8. The molecule has 0 fully saturated rings. The summed E-state index contributed by atoms with van der Waals surface area (Å²) in [6.45, 7) is 0.0685. The molecule has 2 rings (SSSR count). The maximum Gasteiger partial charge on any atom is 0.346 e. The first-order valence-electron chi connectivity index (χ1n) is 6.52. The average molecular weight is 376 g/mol. The van der Waals surface area contributed by atoms with E-state index in [0.29, 0.717) is 21.3 Å². The molecular formula is C17H11BrFNO3. The number of benzene rings is 2. The van der Waals surface area contributed by atoms with Crippen molar-refractivity contribution in [2.45, 2.75) is 6.61 Å². The molecule has 2 aromatic carbocycles. The summed E-state index contributed by atoms with van der Waals surface area (Å²) in [4.78, 5) is 10.8. The highest BCUT2D eigenvalue weighted by molar-refractivity contribution is 9.10. The Balaban J connectivity index is 2.16. The molecule has 0 amide bonds. The largest absolute Gasteiger partial charge is 0.488 e. The molecule has 0 aliphatic rings. The third-order valence-corrected chi connectivity index (χ3v) is 3.58. The molecule has 0 spiro atoms. The van der Waals surface area contributed by atoms with Gasteiger partial charge in [0.2, 0.25) is 0 Å². The van der Waals surface area contributed by atoms with Gasteiger partial charge in [-0.1, -0.05) is 24.3 Å². The summed E-state index contributed by atoms with van der Waals surface area (Å²) in [6.07, 6.45) is 1.26. The van der Waals surface area contributed by atoms with Crippen molar-refractivity contribution in [1.29, 1.82) is 5.26 Å². The van der Waals surface area contributed by atoms with Crippen LogP contribution in [0, 0.1) is 17.1 Å². The molecule has 0 bridgehead atoms. The summed E-state index contributed by atoms with van der Waals surface area (Å²) in [7, 11) is 0. The van der Waals surface area contributed by atoms with Crippen molar-refractivity contribution in [3.63, 3.8) is 0 Å². The predicted octanol–water partition coefficient (Wildman–Crippen LogP) is 4.16. The van der Waals surface area contributed by atoms with Crippen LogP contribution in [-0.2, 0) is 11.4 Å². The predicted molar refractivity (Wildman–Crippen MR) is 86.1 cm³/mol. The minimum Gasteiger partial charge on any atom is -0.488 e. The van der Waals surface area contributed by atoms with Gasteiger partial charge in [0.15, 0.2) is 0 Å². The van der Waals surface area contributed by atoms with E-state index < -0.39 is 5.97 Å². The standard InChI is InChI=1S/C17H11BrFNO3/c18-14-8-11(7-13(9-20)17(21)22)5-6-16(14)23-10-12-3-1-2-4-15(12)19/h1-8H,10H2,(H,21,22). The number of hydrogen-bond acceptors (Lipinski definition) is 3. The van der Waals surface area contributed by atoms with Crippen LogP contribution in [-0.4, -0.2) is 11.1 Å². The molecule has 0 radical (unpaired) electrons. The molecular weight excluding hydrogens is 365 g/mol. The lowest BCUT2D eigenvalue weighted by Crippen LogP contribution is -1.99. The molecule has 0 heterocycles. The van der Waals surface area contributed by atoms with Crippen LogP contribution in [0.4, 0.5) is 4.39 Å². The lowest BCUT2D eigenvalue weighted by molar-refractivity contribution is -0.132. The average Bonchev–Trinajstić information content (AvgIpc) is 2.53. The van der Waals surface area contributed by atoms with E-state index in [4.69, 9.17) is 15.1 Å². The van der Waals surface area contributed by atoms with Crippen LogP contribution >= 0.6 is 15.9 Å². The van der Waals surface area contributed by atoms with Crippen LogP contribution < -0.4 is 4.74 Å². The Labute approximate surface area is 140 Å². The van der Waals surface area contributed by atoms with Crippen LogP contribution in [0.2, 0.25) is 0 Å². The second-order valence-corrected chi connectivity index (χ2v) is 5.40. The summed E-state index contributed by atoms with van der Waals surface area (Å²) >= 11 is 3.31. The van der Waals surface area contributed by atoms with Crippen LogP contribution in [0.1, 0.15) is 11.1 Å². The third-order valence-electron chi connectivity index (χ3n) is 2.96. The molecule has 0 atom stereocenters. The zero-order chi connectivity index (χ0) is 16.8. The van der Waals surface area contributed by atoms with Gasteiger partial charge in [0.05, 0.1) is 4.47 Å². The quantitative estimate of drug-likeness (QED) is 0.629. The number of halogens is 2. The van der Waals surface area contributed by atoms with Gasteiger partial charge in [-0.25, -0.2) is 9.18 Å². The number of ether oxygens (including phenoxy) is 1. The van der Waals surface area contributed by atoms with Crippen molar-refractivity contribution in [1.82, 2.24) is 0 Å². The second kappa shape index (κ2) is 7.56. The number of carbonyl (C=O) groups is 1. The van der Waals surface area contributed by atoms with Crippen molar-refractivity contribution in [3.05, 3.63) is 69.5 Å². The molecule has 4 nitrogen and oxygen atoms in total. The number of hydrogen-bond donors (Lipinski definition) is 1. The number of nitrogens with zero attached hydrogens (tertiary/aromatic N) is 1. The summed E-state index contributed by atoms with van der Waals surface area (Å²) in [5, 5.41) is 17.6. The minimum absolute atomic E-state index is 0.0685. The molecule has 0 unspecified atom stereocenters. The Morgan fingerprint density at radius 2 is 2.09 bits per heavy atom. The Hall–Kier alpha value is -2.65. The molecule has 23 heavy (non-hydrogen) atoms. The first-order valence-corrected chi connectivity index (χ1v) is 7.31. The maximum absolute atomic E-state index is 13.5. The van der Waals surface area contributed by atoms with Gasteiger partial charge in [-0.15, -0.1) is 0 Å². The second-order valence-electron chi connectivity index (χ2n) is 4.54. The van der Waals surface area contributed by atoms with Crippen molar-refractivity contribution >= 4 is 28.0 Å². The van der Waals surface area contributed by atoms with E-state index in [1.807, 2.05) is 0 Å². The highest BCUT2D eigenvalue weighted by atomic mass is 79.9. The van der Waals surface area contributed by atoms with E-state index in [1.54, 1.807) is 42.5 Å². The molecule has 2 aromatic rings. The number of aliphatic carboxylic acids is 1. The van der Waals surface area contributed by atoms with Gasteiger partial charge in [-0.2, -0.15) is 5.26 Å². The first kappa shape index (κ1) is 16.7. The number of carboxylic acids is 1. The maximum atomic E-state index is 13.5. The monoisotopic (exact) mass is 375 g/mol. The molecule has 0 saturated carbocycles. The van der Waals surface area contributed by atoms with E-state index in [0.717, 1.165) is 0 Å². The fourth-order valence-corrected chi connectivity index (χ4v) is 2.31. The van der Waals surface area contributed by atoms with Gasteiger partial charge in [0.25, 0.3) is 0 Å². The summed E-state index contributed by atoms with van der Waals surface area (Å²) in [5.41, 5.74) is 0.604. The van der Waals surface area contributed by atoms with Crippen molar-refractivity contribution in [3.8, 4) is 11.8 Å². The Kier molecular flexibility index (Phi) is 5.50. The van der Waals surface area contributed by atoms with E-state index in [-0.39, 0.29) is 18.0 Å². The lowest BCUT2D eigenvalue weighted by Gasteiger charge is -2.09. The van der Waals surface area contributed by atoms with Gasteiger partial charge in [0.1, 0.15) is 29.8 Å². The number of rotatable bonds is 5. The lowest BCUT2D eigenvalue weighted by atomic mass is 10.1. The van der Waals surface area contributed by atoms with Crippen LogP contribution in [0.25, 0.3) is 6.08 Å². The molecule has 0 aromatic heterocycles. The molecule has 6 heteroatoms. The minimum atomic E-state index is -1.29. The highest BCUT2D eigenvalue weighted by Gasteiger charge is 2.08. The molecule has 116 valence electrons. The summed E-state index contributed by atoms with van der Waals surface area (Å²) in [6, 6.07) is 12.8. The van der Waals surface area contributed by atoms with Crippen LogP contribution in [0.15, 0.2) is 52.5 Å². The SMILES string of the molecule is N#CC(=Cc1ccc(OCc2ccccc2F)c(Br)c1)C(=O)O. The third kappa shape index (κ3) is 4.41. The Bertz CT molecular complexity index is 812. The number of carboxylic acid groups (broad SMARTS) is 1. The number of nitriles is 1. The molecule has 1 N–H and O–H groups in total. The van der Waals surface area contributed by atoms with Crippen molar-refractivity contribution < 1.29 is 19.0 Å².